The van der Waals surface area contributed by atoms with E-state index in [0.29, 0.717) is 0 Å². The molecule has 0 aliphatic rings. The Morgan fingerprint density at radius 2 is 1.00 bits per heavy atom. The van der Waals surface area contributed by atoms with Gasteiger partial charge in [0, 0.05) is 17.9 Å². The van der Waals surface area contributed by atoms with Gasteiger partial charge in [-0.05, 0) is 17.9 Å². The zero-order valence-electron chi connectivity index (χ0n) is 18.9. The van der Waals surface area contributed by atoms with Gasteiger partial charge >= 0.3 is 0 Å². The van der Waals surface area contributed by atoms with Crippen molar-refractivity contribution < 1.29 is 21.5 Å². The maximum Gasteiger partial charge on any atom is 0.176 e. The van der Waals surface area contributed by atoms with Crippen LogP contribution < -0.4 is 21.5 Å². The van der Waals surface area contributed by atoms with Crippen LogP contribution in [-0.4, -0.2) is 0 Å². The first-order valence-electron chi connectivity index (χ1n) is 12.3. The van der Waals surface area contributed by atoms with Gasteiger partial charge in [0.25, 0.3) is 0 Å². The van der Waals surface area contributed by atoms with E-state index in [1.807, 2.05) is 0 Å². The van der Waals surface area contributed by atoms with Crippen molar-refractivity contribution in [3.63, 3.8) is 0 Å². The van der Waals surface area contributed by atoms with Crippen molar-refractivity contribution in [2.45, 2.75) is 116 Å². The second kappa shape index (κ2) is 17.9. The lowest BCUT2D eigenvalue weighted by Crippen LogP contribution is -3.00. The van der Waals surface area contributed by atoms with Gasteiger partial charge in [-0.15, -0.1) is 0 Å². The molecule has 1 heterocycles. The average molecular weight is 463 g/mol. The van der Waals surface area contributed by atoms with Gasteiger partial charge in [0.1, 0.15) is 6.54 Å². The molecule has 0 atom stereocenters. The number of aromatic nitrogens is 1. The molecule has 0 unspecified atom stereocenters. The largest absolute Gasteiger partial charge is 1.00 e. The van der Waals surface area contributed by atoms with E-state index < -0.39 is 0 Å². The van der Waals surface area contributed by atoms with E-state index >= 15 is 0 Å². The molecule has 2 aromatic rings. The predicted molar refractivity (Wildman–Crippen MR) is 124 cm³/mol. The summed E-state index contributed by atoms with van der Waals surface area (Å²) in [5.41, 5.74) is 0. The predicted octanol–water partition coefficient (Wildman–Crippen LogP) is 5.39. The number of halogens is 1. The molecule has 0 spiro atoms. The van der Waals surface area contributed by atoms with Crippen LogP contribution in [0.5, 0.6) is 0 Å². The minimum Gasteiger partial charge on any atom is -1.00 e. The normalized spacial score (nSPS) is 10.9. The summed E-state index contributed by atoms with van der Waals surface area (Å²) in [6, 6.07) is 10.9. The molecule has 2 heteroatoms. The van der Waals surface area contributed by atoms with Crippen LogP contribution >= 0.6 is 0 Å². The van der Waals surface area contributed by atoms with Crippen LogP contribution in [0.4, 0.5) is 0 Å². The third kappa shape index (κ3) is 12.4. The summed E-state index contributed by atoms with van der Waals surface area (Å²) in [5.74, 6) is 0. The molecule has 0 aliphatic heterocycles. The number of rotatable bonds is 17. The first kappa shape index (κ1) is 26.1. The van der Waals surface area contributed by atoms with Gasteiger partial charge in [-0.3, -0.25) is 0 Å². The molecule has 0 saturated heterocycles. The van der Waals surface area contributed by atoms with Gasteiger partial charge in [0.2, 0.25) is 0 Å². The van der Waals surface area contributed by atoms with Crippen molar-refractivity contribution in [1.29, 1.82) is 0 Å². The lowest BCUT2D eigenvalue weighted by atomic mass is 10.0. The summed E-state index contributed by atoms with van der Waals surface area (Å²) in [7, 11) is 0. The van der Waals surface area contributed by atoms with Gasteiger partial charge in [-0.2, -0.15) is 0 Å². The molecule has 1 nitrogen and oxygen atoms in total. The highest BCUT2D eigenvalue weighted by Gasteiger charge is 2.02. The fraction of sp³-hybridized carbons (Fsp3) is 0.667. The maximum atomic E-state index is 2.35. The van der Waals surface area contributed by atoms with Crippen LogP contribution in [0.2, 0.25) is 0 Å². The minimum absolute atomic E-state index is 0. The monoisotopic (exact) mass is 461 g/mol. The van der Waals surface area contributed by atoms with Crippen molar-refractivity contribution in [1.82, 2.24) is 0 Å². The van der Waals surface area contributed by atoms with Crippen molar-refractivity contribution in [2.24, 2.45) is 0 Å². The molecular formula is C27H44BrN. The number of unbranched alkanes of at least 4 members (excludes halogenated alkanes) is 15. The molecule has 0 N–H and O–H groups in total. The highest BCUT2D eigenvalue weighted by atomic mass is 79.9. The zero-order chi connectivity index (χ0) is 19.7. The molecule has 164 valence electrons. The minimum atomic E-state index is 0. The highest BCUT2D eigenvalue weighted by molar-refractivity contribution is 5.80. The smallest absolute Gasteiger partial charge is 0.176 e. The summed E-state index contributed by atoms with van der Waals surface area (Å²) in [4.78, 5) is 0. The van der Waals surface area contributed by atoms with E-state index in [-0.39, 0.29) is 17.0 Å². The van der Waals surface area contributed by atoms with Crippen molar-refractivity contribution in [3.8, 4) is 0 Å². The molecule has 0 radical (unpaired) electrons. The third-order valence-corrected chi connectivity index (χ3v) is 6.02. The third-order valence-electron chi connectivity index (χ3n) is 6.02. The van der Waals surface area contributed by atoms with E-state index in [4.69, 9.17) is 0 Å². The lowest BCUT2D eigenvalue weighted by molar-refractivity contribution is -0.696. The first-order chi connectivity index (χ1) is 13.9. The van der Waals surface area contributed by atoms with Crippen LogP contribution in [0.1, 0.15) is 110 Å². The van der Waals surface area contributed by atoms with E-state index in [9.17, 15) is 0 Å². The van der Waals surface area contributed by atoms with Gasteiger partial charge in [-0.1, -0.05) is 115 Å². The number of hydrogen-bond acceptors (Lipinski definition) is 0. The van der Waals surface area contributed by atoms with Crippen LogP contribution in [0, 0.1) is 0 Å². The van der Waals surface area contributed by atoms with Gasteiger partial charge in [0.05, 0.1) is 0 Å². The highest BCUT2D eigenvalue weighted by Crippen LogP contribution is 2.14. The quantitative estimate of drug-likeness (QED) is 0.219. The molecule has 1 aromatic carbocycles. The summed E-state index contributed by atoms with van der Waals surface area (Å²) < 4.78 is 2.35. The Kier molecular flexibility index (Phi) is 16.2. The Balaban J connectivity index is 0.00000420. The van der Waals surface area contributed by atoms with Gasteiger partial charge in [-0.25, -0.2) is 4.57 Å². The van der Waals surface area contributed by atoms with Crippen LogP contribution in [0.15, 0.2) is 42.7 Å². The second-order valence-electron chi connectivity index (χ2n) is 8.61. The molecule has 1 aromatic heterocycles. The van der Waals surface area contributed by atoms with E-state index in [1.165, 1.54) is 114 Å². The van der Waals surface area contributed by atoms with E-state index in [0.717, 1.165) is 6.54 Å². The van der Waals surface area contributed by atoms with Crippen LogP contribution in [0.25, 0.3) is 10.8 Å². The maximum absolute atomic E-state index is 2.35. The van der Waals surface area contributed by atoms with Crippen molar-refractivity contribution in [2.75, 3.05) is 0 Å². The summed E-state index contributed by atoms with van der Waals surface area (Å²) in [6.45, 7) is 3.45. The molecule has 0 bridgehead atoms. The number of hydrogen-bond donors (Lipinski definition) is 0. The van der Waals surface area contributed by atoms with Gasteiger partial charge < -0.3 is 17.0 Å². The van der Waals surface area contributed by atoms with Crippen LogP contribution in [-0.2, 0) is 6.54 Å². The number of aryl methyl sites for hydroxylation is 1. The SMILES string of the molecule is CCCCCCCCCCCCCCCCCC[n+]1ccc2ccccc2c1.[Br-]. The molecule has 0 aliphatic carbocycles. The summed E-state index contributed by atoms with van der Waals surface area (Å²) in [5, 5.41) is 2.69. The Bertz CT molecular complexity index is 625. The fourth-order valence-corrected chi connectivity index (χ4v) is 4.16. The second-order valence-corrected chi connectivity index (χ2v) is 8.61. The number of fused-ring (bicyclic) bond motifs is 1. The van der Waals surface area contributed by atoms with Gasteiger partial charge in [0.15, 0.2) is 12.4 Å². The zero-order valence-corrected chi connectivity index (χ0v) is 20.5. The topological polar surface area (TPSA) is 3.88 Å². The fourth-order valence-electron chi connectivity index (χ4n) is 4.16. The molecule has 2 rings (SSSR count). The Labute approximate surface area is 191 Å². The Hall–Kier alpha value is -0.890. The molecule has 29 heavy (non-hydrogen) atoms. The number of pyridine rings is 1. The number of benzene rings is 1. The average Bonchev–Trinajstić information content (AvgIpc) is 2.73. The van der Waals surface area contributed by atoms with E-state index in [2.05, 4.69) is 54.2 Å². The summed E-state index contributed by atoms with van der Waals surface area (Å²) >= 11 is 0. The summed E-state index contributed by atoms with van der Waals surface area (Å²) in [6.07, 6.45) is 27.5. The molecule has 0 amide bonds. The number of nitrogens with zero attached hydrogens (tertiary/aromatic N) is 1. The molecular weight excluding hydrogens is 418 g/mol. The standard InChI is InChI=1S/C27H44N.BrH/c1-2-3-4-5-6-7-8-9-10-11-12-13-14-15-16-19-23-28-24-22-26-20-17-18-21-27(26)25-28;/h17-18,20-22,24-25H,2-16,19,23H2,1H3;1H/q+1;/p-1. The molecule has 0 fully saturated rings. The Morgan fingerprint density at radius 1 is 0.552 bits per heavy atom. The van der Waals surface area contributed by atoms with Crippen molar-refractivity contribution in [3.05, 3.63) is 42.7 Å². The van der Waals surface area contributed by atoms with Crippen molar-refractivity contribution >= 4 is 10.8 Å². The Morgan fingerprint density at radius 3 is 1.52 bits per heavy atom. The first-order valence-corrected chi connectivity index (χ1v) is 12.3. The lowest BCUT2D eigenvalue weighted by Gasteiger charge is -2.03. The van der Waals surface area contributed by atoms with E-state index in [1.54, 1.807) is 0 Å². The van der Waals surface area contributed by atoms with Crippen LogP contribution in [0.3, 0.4) is 0 Å². The molecule has 0 saturated carbocycles.